The van der Waals surface area contributed by atoms with Crippen LogP contribution in [-0.2, 0) is 0 Å². The van der Waals surface area contributed by atoms with E-state index in [1.165, 1.54) is 0 Å². The molecule has 0 aromatic carbocycles. The molecule has 2 rings (SSSR count). The van der Waals surface area contributed by atoms with Crippen molar-refractivity contribution >= 4 is 21.8 Å². The van der Waals surface area contributed by atoms with E-state index < -0.39 is 0 Å². The van der Waals surface area contributed by atoms with Crippen molar-refractivity contribution < 1.29 is 4.79 Å². The Balaban J connectivity index is 2.01. The van der Waals surface area contributed by atoms with Crippen molar-refractivity contribution in [1.82, 2.24) is 10.3 Å². The SMILES string of the molecule is NC1CCCCC1NC(=O)c1cncc(Br)c1. The second kappa shape index (κ2) is 5.60. The number of hydrogen-bond donors (Lipinski definition) is 2. The summed E-state index contributed by atoms with van der Waals surface area (Å²) in [5.41, 5.74) is 6.56. The molecule has 3 N–H and O–H groups in total. The maximum Gasteiger partial charge on any atom is 0.253 e. The first-order valence-corrected chi connectivity index (χ1v) is 6.63. The van der Waals surface area contributed by atoms with Crippen LogP contribution in [0.4, 0.5) is 0 Å². The number of hydrogen-bond acceptors (Lipinski definition) is 3. The molecule has 1 aromatic heterocycles. The third-order valence-corrected chi connectivity index (χ3v) is 3.54. The fraction of sp³-hybridized carbons (Fsp3) is 0.500. The molecule has 0 radical (unpaired) electrons. The first-order valence-electron chi connectivity index (χ1n) is 5.84. The zero-order valence-corrected chi connectivity index (χ0v) is 11.1. The van der Waals surface area contributed by atoms with Gasteiger partial charge in [-0.1, -0.05) is 12.8 Å². The molecular formula is C12H16BrN3O. The van der Waals surface area contributed by atoms with Gasteiger partial charge in [0.1, 0.15) is 0 Å². The molecule has 2 unspecified atom stereocenters. The lowest BCUT2D eigenvalue weighted by atomic mass is 9.91. The number of rotatable bonds is 2. The lowest BCUT2D eigenvalue weighted by Gasteiger charge is -2.29. The van der Waals surface area contributed by atoms with Crippen molar-refractivity contribution in [1.29, 1.82) is 0 Å². The highest BCUT2D eigenvalue weighted by Crippen LogP contribution is 2.17. The molecule has 1 saturated carbocycles. The zero-order valence-electron chi connectivity index (χ0n) is 9.53. The molecule has 5 heteroatoms. The van der Waals surface area contributed by atoms with E-state index in [0.29, 0.717) is 5.56 Å². The number of amides is 1. The molecule has 1 amide bonds. The predicted molar refractivity (Wildman–Crippen MR) is 69.6 cm³/mol. The highest BCUT2D eigenvalue weighted by molar-refractivity contribution is 9.10. The summed E-state index contributed by atoms with van der Waals surface area (Å²) in [4.78, 5) is 16.0. The van der Waals surface area contributed by atoms with Crippen molar-refractivity contribution in [3.63, 3.8) is 0 Å². The largest absolute Gasteiger partial charge is 0.348 e. The minimum absolute atomic E-state index is 0.0767. The zero-order chi connectivity index (χ0) is 12.3. The summed E-state index contributed by atoms with van der Waals surface area (Å²) in [7, 11) is 0. The van der Waals surface area contributed by atoms with E-state index in [1.54, 1.807) is 18.5 Å². The molecule has 4 nitrogen and oxygen atoms in total. The molecule has 92 valence electrons. The van der Waals surface area contributed by atoms with E-state index >= 15 is 0 Å². The molecule has 1 aromatic rings. The fourth-order valence-electron chi connectivity index (χ4n) is 2.13. The number of aromatic nitrogens is 1. The van der Waals surface area contributed by atoms with Gasteiger partial charge in [0.05, 0.1) is 5.56 Å². The molecule has 2 atom stereocenters. The number of nitrogens with zero attached hydrogens (tertiary/aromatic N) is 1. The van der Waals surface area contributed by atoms with Crippen molar-refractivity contribution in [2.75, 3.05) is 0 Å². The van der Waals surface area contributed by atoms with Crippen LogP contribution < -0.4 is 11.1 Å². The number of carbonyl (C=O) groups is 1. The van der Waals surface area contributed by atoms with E-state index in [-0.39, 0.29) is 18.0 Å². The van der Waals surface area contributed by atoms with Crippen LogP contribution in [-0.4, -0.2) is 23.0 Å². The van der Waals surface area contributed by atoms with Crippen molar-refractivity contribution in [2.24, 2.45) is 5.73 Å². The van der Waals surface area contributed by atoms with Gasteiger partial charge in [0.15, 0.2) is 0 Å². The summed E-state index contributed by atoms with van der Waals surface area (Å²) in [5, 5.41) is 2.99. The Bertz CT molecular complexity index is 410. The van der Waals surface area contributed by atoms with Crippen LogP contribution in [0.1, 0.15) is 36.0 Å². The van der Waals surface area contributed by atoms with Gasteiger partial charge in [-0.2, -0.15) is 0 Å². The lowest BCUT2D eigenvalue weighted by Crippen LogP contribution is -2.49. The topological polar surface area (TPSA) is 68.0 Å². The van der Waals surface area contributed by atoms with E-state index in [0.717, 1.165) is 30.2 Å². The normalized spacial score (nSPS) is 24.4. The molecule has 17 heavy (non-hydrogen) atoms. The predicted octanol–water partition coefficient (Wildman–Crippen LogP) is 1.84. The highest BCUT2D eigenvalue weighted by Gasteiger charge is 2.23. The van der Waals surface area contributed by atoms with Crippen LogP contribution >= 0.6 is 15.9 Å². The van der Waals surface area contributed by atoms with Gasteiger partial charge in [-0.25, -0.2) is 0 Å². The Kier molecular flexibility index (Phi) is 4.12. The molecule has 1 aliphatic carbocycles. The molecule has 0 aliphatic heterocycles. The average Bonchev–Trinajstić information content (AvgIpc) is 2.32. The van der Waals surface area contributed by atoms with E-state index in [9.17, 15) is 4.79 Å². The molecule has 1 aliphatic rings. The van der Waals surface area contributed by atoms with Crippen LogP contribution in [0.5, 0.6) is 0 Å². The Morgan fingerprint density at radius 3 is 2.88 bits per heavy atom. The first-order chi connectivity index (χ1) is 8.16. The van der Waals surface area contributed by atoms with E-state index in [2.05, 4.69) is 26.2 Å². The number of carbonyl (C=O) groups excluding carboxylic acids is 1. The Morgan fingerprint density at radius 2 is 2.18 bits per heavy atom. The summed E-state index contributed by atoms with van der Waals surface area (Å²) in [5.74, 6) is -0.0962. The summed E-state index contributed by atoms with van der Waals surface area (Å²) < 4.78 is 0.804. The molecular weight excluding hydrogens is 282 g/mol. The second-order valence-corrected chi connectivity index (χ2v) is 5.34. The third kappa shape index (κ3) is 3.26. The van der Waals surface area contributed by atoms with Crippen molar-refractivity contribution in [2.45, 2.75) is 37.8 Å². The Hall–Kier alpha value is -0.940. The van der Waals surface area contributed by atoms with Gasteiger partial charge < -0.3 is 11.1 Å². The minimum Gasteiger partial charge on any atom is -0.348 e. The summed E-state index contributed by atoms with van der Waals surface area (Å²) in [6.45, 7) is 0. The lowest BCUT2D eigenvalue weighted by molar-refractivity contribution is 0.0921. The van der Waals surface area contributed by atoms with Gasteiger partial charge in [0.25, 0.3) is 5.91 Å². The standard InChI is InChI=1S/C12H16BrN3O/c13-9-5-8(6-15-7-9)12(17)16-11-4-2-1-3-10(11)14/h5-7,10-11H,1-4,14H2,(H,16,17). The van der Waals surface area contributed by atoms with E-state index in [1.807, 2.05) is 0 Å². The summed E-state index contributed by atoms with van der Waals surface area (Å²) >= 11 is 3.30. The van der Waals surface area contributed by atoms with Crippen LogP contribution in [0.15, 0.2) is 22.9 Å². The summed E-state index contributed by atoms with van der Waals surface area (Å²) in [6.07, 6.45) is 7.47. The van der Waals surface area contributed by atoms with Crippen LogP contribution in [0.25, 0.3) is 0 Å². The average molecular weight is 298 g/mol. The maximum absolute atomic E-state index is 12.0. The van der Waals surface area contributed by atoms with Crippen LogP contribution in [0.3, 0.4) is 0 Å². The monoisotopic (exact) mass is 297 g/mol. The molecule has 0 bridgehead atoms. The van der Waals surface area contributed by atoms with Gasteiger partial charge in [-0.15, -0.1) is 0 Å². The van der Waals surface area contributed by atoms with Gasteiger partial charge in [-0.3, -0.25) is 9.78 Å². The smallest absolute Gasteiger partial charge is 0.253 e. The van der Waals surface area contributed by atoms with Gasteiger partial charge in [0, 0.05) is 29.0 Å². The van der Waals surface area contributed by atoms with Gasteiger partial charge >= 0.3 is 0 Å². The van der Waals surface area contributed by atoms with Gasteiger partial charge in [-0.05, 0) is 34.8 Å². The Labute approximate surface area is 109 Å². The first kappa shape index (κ1) is 12.5. The van der Waals surface area contributed by atoms with Crippen LogP contribution in [0, 0.1) is 0 Å². The molecule has 1 fully saturated rings. The fourth-order valence-corrected chi connectivity index (χ4v) is 2.49. The molecule has 0 spiro atoms. The van der Waals surface area contributed by atoms with Crippen molar-refractivity contribution in [3.05, 3.63) is 28.5 Å². The summed E-state index contributed by atoms with van der Waals surface area (Å²) in [6, 6.07) is 1.93. The number of nitrogens with one attached hydrogen (secondary N) is 1. The van der Waals surface area contributed by atoms with Crippen molar-refractivity contribution in [3.8, 4) is 0 Å². The third-order valence-electron chi connectivity index (χ3n) is 3.10. The minimum atomic E-state index is -0.0962. The van der Waals surface area contributed by atoms with E-state index in [4.69, 9.17) is 5.73 Å². The second-order valence-electron chi connectivity index (χ2n) is 4.42. The highest BCUT2D eigenvalue weighted by atomic mass is 79.9. The molecule has 1 heterocycles. The maximum atomic E-state index is 12.0. The van der Waals surface area contributed by atoms with Gasteiger partial charge in [0.2, 0.25) is 0 Å². The number of pyridine rings is 1. The number of nitrogens with two attached hydrogens (primary N) is 1. The number of halogens is 1. The Morgan fingerprint density at radius 1 is 1.41 bits per heavy atom. The van der Waals surface area contributed by atoms with Crippen LogP contribution in [0.2, 0.25) is 0 Å². The quantitative estimate of drug-likeness (QED) is 0.875. The molecule has 0 saturated heterocycles.